The largest absolute Gasteiger partial charge is 0.465 e. The summed E-state index contributed by atoms with van der Waals surface area (Å²) in [7, 11) is 1.38. The Labute approximate surface area is 139 Å². The fourth-order valence-corrected chi connectivity index (χ4v) is 3.05. The Morgan fingerprint density at radius 3 is 2.68 bits per heavy atom. The quantitative estimate of drug-likeness (QED) is 0.834. The average Bonchev–Trinajstić information content (AvgIpc) is 2.88. The number of anilines is 1. The molecule has 0 atom stereocenters. The van der Waals surface area contributed by atoms with Gasteiger partial charge in [0.05, 0.1) is 19.2 Å². The van der Waals surface area contributed by atoms with Gasteiger partial charge in [-0.2, -0.15) is 0 Å². The van der Waals surface area contributed by atoms with E-state index >= 15 is 0 Å². The zero-order valence-electron chi connectivity index (χ0n) is 13.1. The number of ether oxygens (including phenoxy) is 1. The molecule has 0 amide bonds. The number of methoxy groups -OCH3 is 1. The summed E-state index contributed by atoms with van der Waals surface area (Å²) in [5, 5.41) is 3.37. The van der Waals surface area contributed by atoms with Crippen LogP contribution >= 0.6 is 22.9 Å². The third kappa shape index (κ3) is 3.99. The third-order valence-corrected chi connectivity index (χ3v) is 4.34. The lowest BCUT2D eigenvalue weighted by Gasteiger charge is -2.24. The fraction of sp³-hybridized carbons (Fsp3) is 0.375. The van der Waals surface area contributed by atoms with Gasteiger partial charge in [0.25, 0.3) is 0 Å². The van der Waals surface area contributed by atoms with E-state index in [9.17, 15) is 4.79 Å². The molecule has 1 aromatic carbocycles. The summed E-state index contributed by atoms with van der Waals surface area (Å²) >= 11 is 7.29. The van der Waals surface area contributed by atoms with Gasteiger partial charge in [-0.25, -0.2) is 9.78 Å². The van der Waals surface area contributed by atoms with Crippen molar-refractivity contribution in [1.82, 2.24) is 4.98 Å². The molecule has 0 aliphatic carbocycles. The van der Waals surface area contributed by atoms with Crippen LogP contribution in [0, 0.1) is 0 Å². The van der Waals surface area contributed by atoms with Gasteiger partial charge in [-0.3, -0.25) is 0 Å². The molecule has 1 N–H and O–H groups in total. The van der Waals surface area contributed by atoms with Crippen molar-refractivity contribution in [3.05, 3.63) is 44.9 Å². The van der Waals surface area contributed by atoms with Crippen LogP contribution < -0.4 is 5.32 Å². The third-order valence-electron chi connectivity index (χ3n) is 3.23. The standard InChI is InChI=1S/C16H19ClN2O2S/c1-16(2,3)12-6-5-10(14(20)21-4)7-13(12)18-8-11-9-19-15(17)22-11/h5-7,9,18H,8H2,1-4H3. The van der Waals surface area contributed by atoms with E-state index in [4.69, 9.17) is 16.3 Å². The van der Waals surface area contributed by atoms with E-state index in [-0.39, 0.29) is 11.4 Å². The van der Waals surface area contributed by atoms with Gasteiger partial charge in [0.1, 0.15) is 0 Å². The number of hydrogen-bond acceptors (Lipinski definition) is 5. The van der Waals surface area contributed by atoms with Crippen LogP contribution in [0.4, 0.5) is 5.69 Å². The summed E-state index contributed by atoms with van der Waals surface area (Å²) in [6, 6.07) is 5.59. The first-order chi connectivity index (χ1) is 10.3. The normalized spacial score (nSPS) is 11.3. The highest BCUT2D eigenvalue weighted by Crippen LogP contribution is 2.31. The molecule has 0 fully saturated rings. The molecule has 4 nitrogen and oxygen atoms in total. The van der Waals surface area contributed by atoms with Gasteiger partial charge in [0.15, 0.2) is 4.47 Å². The summed E-state index contributed by atoms with van der Waals surface area (Å²) in [4.78, 5) is 16.8. The summed E-state index contributed by atoms with van der Waals surface area (Å²) in [6.45, 7) is 7.01. The Bertz CT molecular complexity index is 677. The highest BCUT2D eigenvalue weighted by Gasteiger charge is 2.20. The van der Waals surface area contributed by atoms with Gasteiger partial charge in [-0.1, -0.05) is 38.4 Å². The van der Waals surface area contributed by atoms with Crippen LogP contribution in [-0.4, -0.2) is 18.1 Å². The molecule has 0 spiro atoms. The zero-order valence-corrected chi connectivity index (χ0v) is 14.6. The van der Waals surface area contributed by atoms with Crippen molar-refractivity contribution in [2.75, 3.05) is 12.4 Å². The van der Waals surface area contributed by atoms with Crippen molar-refractivity contribution in [3.8, 4) is 0 Å². The number of benzene rings is 1. The monoisotopic (exact) mass is 338 g/mol. The number of thiazole rings is 1. The predicted molar refractivity (Wildman–Crippen MR) is 90.9 cm³/mol. The number of esters is 1. The number of nitrogens with one attached hydrogen (secondary N) is 1. The van der Waals surface area contributed by atoms with Crippen molar-refractivity contribution in [1.29, 1.82) is 0 Å². The summed E-state index contributed by atoms with van der Waals surface area (Å²) in [5.74, 6) is -0.343. The molecule has 1 heterocycles. The summed E-state index contributed by atoms with van der Waals surface area (Å²) in [6.07, 6.45) is 1.75. The van der Waals surface area contributed by atoms with E-state index < -0.39 is 0 Å². The van der Waals surface area contributed by atoms with Crippen LogP contribution in [0.3, 0.4) is 0 Å². The Morgan fingerprint density at radius 2 is 2.14 bits per heavy atom. The van der Waals surface area contributed by atoms with E-state index in [0.717, 1.165) is 16.1 Å². The molecule has 0 bridgehead atoms. The lowest BCUT2D eigenvalue weighted by atomic mass is 9.85. The number of hydrogen-bond donors (Lipinski definition) is 1. The molecule has 1 aromatic heterocycles. The molecule has 0 aliphatic heterocycles. The lowest BCUT2D eigenvalue weighted by Crippen LogP contribution is -2.16. The van der Waals surface area contributed by atoms with Crippen LogP contribution in [0.25, 0.3) is 0 Å². The molecule has 0 aliphatic rings. The topological polar surface area (TPSA) is 51.2 Å². The molecular formula is C16H19ClN2O2S. The van der Waals surface area contributed by atoms with Gasteiger partial charge in [0, 0.05) is 16.8 Å². The van der Waals surface area contributed by atoms with Crippen molar-refractivity contribution in [2.45, 2.75) is 32.7 Å². The van der Waals surface area contributed by atoms with Gasteiger partial charge in [0.2, 0.25) is 0 Å². The molecule has 22 heavy (non-hydrogen) atoms. The fourth-order valence-electron chi connectivity index (χ4n) is 2.14. The molecular weight excluding hydrogens is 320 g/mol. The maximum atomic E-state index is 11.7. The van der Waals surface area contributed by atoms with E-state index in [2.05, 4.69) is 31.1 Å². The minimum atomic E-state index is -0.343. The number of carbonyl (C=O) groups is 1. The van der Waals surface area contributed by atoms with Crippen LogP contribution in [0.15, 0.2) is 24.4 Å². The van der Waals surface area contributed by atoms with Crippen LogP contribution in [0.1, 0.15) is 41.6 Å². The zero-order chi connectivity index (χ0) is 16.3. The van der Waals surface area contributed by atoms with Gasteiger partial charge in [-0.15, -0.1) is 11.3 Å². The van der Waals surface area contributed by atoms with Gasteiger partial charge < -0.3 is 10.1 Å². The van der Waals surface area contributed by atoms with Crippen LogP contribution in [0.5, 0.6) is 0 Å². The van der Waals surface area contributed by atoms with E-state index in [1.807, 2.05) is 12.1 Å². The number of halogens is 1. The maximum absolute atomic E-state index is 11.7. The van der Waals surface area contributed by atoms with E-state index in [1.165, 1.54) is 18.4 Å². The Balaban J connectivity index is 2.30. The van der Waals surface area contributed by atoms with E-state index in [0.29, 0.717) is 16.6 Å². The first-order valence-electron chi connectivity index (χ1n) is 6.88. The highest BCUT2D eigenvalue weighted by molar-refractivity contribution is 7.15. The van der Waals surface area contributed by atoms with Crippen molar-refractivity contribution in [2.24, 2.45) is 0 Å². The summed E-state index contributed by atoms with van der Waals surface area (Å²) < 4.78 is 5.31. The second-order valence-corrected chi connectivity index (χ2v) is 7.63. The highest BCUT2D eigenvalue weighted by atomic mass is 35.5. The summed E-state index contributed by atoms with van der Waals surface area (Å²) in [5.41, 5.74) is 2.54. The van der Waals surface area contributed by atoms with Crippen molar-refractivity contribution < 1.29 is 9.53 Å². The van der Waals surface area contributed by atoms with Crippen LogP contribution in [0.2, 0.25) is 4.47 Å². The minimum Gasteiger partial charge on any atom is -0.465 e. The average molecular weight is 339 g/mol. The second-order valence-electron chi connectivity index (χ2n) is 5.94. The molecule has 0 saturated carbocycles. The smallest absolute Gasteiger partial charge is 0.337 e. The first kappa shape index (κ1) is 16.8. The lowest BCUT2D eigenvalue weighted by molar-refractivity contribution is 0.0600. The maximum Gasteiger partial charge on any atom is 0.337 e. The van der Waals surface area contributed by atoms with Crippen molar-refractivity contribution >= 4 is 34.6 Å². The van der Waals surface area contributed by atoms with E-state index in [1.54, 1.807) is 12.3 Å². The molecule has 2 rings (SSSR count). The number of carbonyl (C=O) groups excluding carboxylic acids is 1. The Kier molecular flexibility index (Phi) is 5.08. The molecule has 0 saturated heterocycles. The molecule has 118 valence electrons. The van der Waals surface area contributed by atoms with Gasteiger partial charge in [-0.05, 0) is 23.1 Å². The Hall–Kier alpha value is -1.59. The number of nitrogens with zero attached hydrogens (tertiary/aromatic N) is 1. The van der Waals surface area contributed by atoms with Gasteiger partial charge >= 0.3 is 5.97 Å². The SMILES string of the molecule is COC(=O)c1ccc(C(C)(C)C)c(NCc2cnc(Cl)s2)c1. The number of rotatable bonds is 4. The molecule has 0 radical (unpaired) electrons. The molecule has 6 heteroatoms. The van der Waals surface area contributed by atoms with Crippen molar-refractivity contribution in [3.63, 3.8) is 0 Å². The first-order valence-corrected chi connectivity index (χ1v) is 8.07. The van der Waals surface area contributed by atoms with Crippen LogP contribution in [-0.2, 0) is 16.7 Å². The molecule has 0 unspecified atom stereocenters. The minimum absolute atomic E-state index is 0.0394. The Morgan fingerprint density at radius 1 is 1.41 bits per heavy atom. The molecule has 2 aromatic rings. The second kappa shape index (κ2) is 6.67. The number of aromatic nitrogens is 1. The predicted octanol–water partition coefficient (Wildman–Crippen LogP) is 4.49.